The van der Waals surface area contributed by atoms with Gasteiger partial charge in [0, 0.05) is 18.7 Å². The van der Waals surface area contributed by atoms with Gasteiger partial charge in [-0.15, -0.1) is 0 Å². The number of ether oxygens (including phenoxy) is 1. The molecular formula is C16H17NO3. The number of amides is 1. The van der Waals surface area contributed by atoms with Crippen molar-refractivity contribution in [2.45, 2.75) is 12.8 Å². The molecule has 1 aromatic carbocycles. The van der Waals surface area contributed by atoms with Gasteiger partial charge in [0.2, 0.25) is 0 Å². The van der Waals surface area contributed by atoms with Crippen LogP contribution in [0.15, 0.2) is 41.5 Å². The summed E-state index contributed by atoms with van der Waals surface area (Å²) in [6, 6.07) is 5.43. The van der Waals surface area contributed by atoms with E-state index >= 15 is 0 Å². The van der Waals surface area contributed by atoms with Crippen molar-refractivity contribution in [3.05, 3.63) is 42.7 Å². The van der Waals surface area contributed by atoms with Crippen LogP contribution in [0, 0.1) is 0 Å². The fraction of sp³-hybridized carbons (Fsp3) is 0.312. The molecule has 3 rings (SSSR count). The topological polar surface area (TPSA) is 42.7 Å². The zero-order chi connectivity index (χ0) is 13.9. The highest BCUT2D eigenvalue weighted by Gasteiger charge is 2.21. The Hall–Kier alpha value is -2.23. The summed E-state index contributed by atoms with van der Waals surface area (Å²) in [5, 5.41) is 0.879. The second-order valence-electron chi connectivity index (χ2n) is 4.91. The third-order valence-electron chi connectivity index (χ3n) is 3.53. The molecular weight excluding hydrogens is 254 g/mol. The number of benzene rings is 1. The number of carbonyl (C=O) groups is 1. The average molecular weight is 271 g/mol. The van der Waals surface area contributed by atoms with Crippen molar-refractivity contribution in [2.75, 3.05) is 19.7 Å². The molecule has 1 aromatic heterocycles. The summed E-state index contributed by atoms with van der Waals surface area (Å²) in [4.78, 5) is 14.3. The van der Waals surface area contributed by atoms with Crippen molar-refractivity contribution in [2.24, 2.45) is 0 Å². The second kappa shape index (κ2) is 5.41. The van der Waals surface area contributed by atoms with E-state index in [-0.39, 0.29) is 5.91 Å². The van der Waals surface area contributed by atoms with Crippen molar-refractivity contribution >= 4 is 16.9 Å². The number of hydrogen-bond donors (Lipinski definition) is 0. The smallest absolute Gasteiger partial charge is 0.254 e. The van der Waals surface area contributed by atoms with Crippen LogP contribution in [0.3, 0.4) is 0 Å². The Morgan fingerprint density at radius 2 is 2.20 bits per heavy atom. The summed E-state index contributed by atoms with van der Waals surface area (Å²) in [6.07, 6.45) is 5.44. The molecule has 0 unspecified atom stereocenters. The molecule has 4 nitrogen and oxygen atoms in total. The van der Waals surface area contributed by atoms with E-state index in [0.717, 1.165) is 31.3 Å². The lowest BCUT2D eigenvalue weighted by Gasteiger charge is -2.16. The minimum Gasteiger partial charge on any atom is -0.489 e. The predicted molar refractivity (Wildman–Crippen MR) is 77.0 cm³/mol. The molecule has 4 heteroatoms. The molecule has 1 fully saturated rings. The fourth-order valence-electron chi connectivity index (χ4n) is 2.53. The summed E-state index contributed by atoms with van der Waals surface area (Å²) >= 11 is 0. The van der Waals surface area contributed by atoms with E-state index in [0.29, 0.717) is 23.5 Å². The molecule has 1 amide bonds. The van der Waals surface area contributed by atoms with Crippen molar-refractivity contribution in [1.29, 1.82) is 0 Å². The minimum absolute atomic E-state index is 0.0456. The maximum absolute atomic E-state index is 12.4. The molecule has 1 aliphatic heterocycles. The number of hydrogen-bond acceptors (Lipinski definition) is 3. The van der Waals surface area contributed by atoms with Gasteiger partial charge in [0.25, 0.3) is 5.91 Å². The standard InChI is InChI=1S/C16H17NO3/c1-2-8-19-14-10-12(11-15-13(14)5-9-20-15)16(18)17-6-3-4-7-17/h2,5,9-11H,1,3-4,6-8H2. The van der Waals surface area contributed by atoms with Crippen LogP contribution in [0.25, 0.3) is 11.0 Å². The number of carbonyl (C=O) groups excluding carboxylic acids is 1. The van der Waals surface area contributed by atoms with Gasteiger partial charge in [0.05, 0.1) is 11.6 Å². The van der Waals surface area contributed by atoms with Gasteiger partial charge < -0.3 is 14.1 Å². The van der Waals surface area contributed by atoms with Crippen LogP contribution in [0.1, 0.15) is 23.2 Å². The van der Waals surface area contributed by atoms with Crippen LogP contribution in [-0.4, -0.2) is 30.5 Å². The van der Waals surface area contributed by atoms with Crippen LogP contribution in [-0.2, 0) is 0 Å². The molecule has 0 aliphatic carbocycles. The number of rotatable bonds is 4. The van der Waals surface area contributed by atoms with E-state index in [1.54, 1.807) is 24.5 Å². The average Bonchev–Trinajstić information content (AvgIpc) is 3.14. The van der Waals surface area contributed by atoms with Crippen LogP contribution in [0.5, 0.6) is 5.75 Å². The van der Waals surface area contributed by atoms with Crippen LogP contribution < -0.4 is 4.74 Å². The highest BCUT2D eigenvalue weighted by Crippen LogP contribution is 2.29. The molecule has 104 valence electrons. The van der Waals surface area contributed by atoms with Crippen LogP contribution in [0.4, 0.5) is 0 Å². The second-order valence-corrected chi connectivity index (χ2v) is 4.91. The first-order chi connectivity index (χ1) is 9.79. The molecule has 0 saturated carbocycles. The largest absolute Gasteiger partial charge is 0.489 e. The lowest BCUT2D eigenvalue weighted by molar-refractivity contribution is 0.0792. The molecule has 1 aliphatic rings. The molecule has 1 saturated heterocycles. The van der Waals surface area contributed by atoms with Gasteiger partial charge >= 0.3 is 0 Å². The van der Waals surface area contributed by atoms with E-state index < -0.39 is 0 Å². The van der Waals surface area contributed by atoms with Crippen molar-refractivity contribution < 1.29 is 13.9 Å². The highest BCUT2D eigenvalue weighted by molar-refractivity contribution is 5.99. The Kier molecular flexibility index (Phi) is 3.46. The normalized spacial score (nSPS) is 14.7. The zero-order valence-electron chi connectivity index (χ0n) is 11.3. The molecule has 2 heterocycles. The molecule has 0 N–H and O–H groups in total. The Morgan fingerprint density at radius 3 is 2.95 bits per heavy atom. The summed E-state index contributed by atoms with van der Waals surface area (Å²) < 4.78 is 11.0. The van der Waals surface area contributed by atoms with Gasteiger partial charge in [-0.3, -0.25) is 4.79 Å². The van der Waals surface area contributed by atoms with Crippen LogP contribution in [0.2, 0.25) is 0 Å². The first kappa shape index (κ1) is 12.8. The third kappa shape index (κ3) is 2.29. The van der Waals surface area contributed by atoms with Gasteiger partial charge in [-0.2, -0.15) is 0 Å². The lowest BCUT2D eigenvalue weighted by Crippen LogP contribution is -2.27. The van der Waals surface area contributed by atoms with Crippen molar-refractivity contribution in [3.63, 3.8) is 0 Å². The number of likely N-dealkylation sites (tertiary alicyclic amines) is 1. The molecule has 20 heavy (non-hydrogen) atoms. The predicted octanol–water partition coefficient (Wildman–Crippen LogP) is 3.23. The number of fused-ring (bicyclic) bond motifs is 1. The Bertz CT molecular complexity index is 638. The van der Waals surface area contributed by atoms with Gasteiger partial charge in [0.15, 0.2) is 0 Å². The Morgan fingerprint density at radius 1 is 1.40 bits per heavy atom. The van der Waals surface area contributed by atoms with Crippen LogP contribution >= 0.6 is 0 Å². The number of furan rings is 1. The quantitative estimate of drug-likeness (QED) is 0.802. The summed E-state index contributed by atoms with van der Waals surface area (Å²) in [7, 11) is 0. The fourth-order valence-corrected chi connectivity index (χ4v) is 2.53. The maximum Gasteiger partial charge on any atom is 0.254 e. The van der Waals surface area contributed by atoms with E-state index in [1.165, 1.54) is 0 Å². The molecule has 0 spiro atoms. The van der Waals surface area contributed by atoms with E-state index in [1.807, 2.05) is 11.0 Å². The molecule has 0 bridgehead atoms. The molecule has 0 radical (unpaired) electrons. The summed E-state index contributed by atoms with van der Waals surface area (Å²) in [5.41, 5.74) is 1.29. The van der Waals surface area contributed by atoms with E-state index in [9.17, 15) is 4.79 Å². The minimum atomic E-state index is 0.0456. The van der Waals surface area contributed by atoms with E-state index in [2.05, 4.69) is 6.58 Å². The van der Waals surface area contributed by atoms with Gasteiger partial charge in [-0.05, 0) is 31.0 Å². The monoisotopic (exact) mass is 271 g/mol. The maximum atomic E-state index is 12.4. The third-order valence-corrected chi connectivity index (χ3v) is 3.53. The summed E-state index contributed by atoms with van der Waals surface area (Å²) in [6.45, 7) is 5.71. The van der Waals surface area contributed by atoms with Crippen molar-refractivity contribution in [1.82, 2.24) is 4.90 Å². The highest BCUT2D eigenvalue weighted by atomic mass is 16.5. The SMILES string of the molecule is C=CCOc1cc(C(=O)N2CCCC2)cc2occc12. The molecule has 2 aromatic rings. The summed E-state index contributed by atoms with van der Waals surface area (Å²) in [5.74, 6) is 0.711. The Balaban J connectivity index is 1.97. The lowest BCUT2D eigenvalue weighted by atomic mass is 10.1. The van der Waals surface area contributed by atoms with Gasteiger partial charge in [-0.25, -0.2) is 0 Å². The zero-order valence-corrected chi connectivity index (χ0v) is 11.3. The van der Waals surface area contributed by atoms with Gasteiger partial charge in [0.1, 0.15) is 17.9 Å². The first-order valence-electron chi connectivity index (χ1n) is 6.84. The molecule has 0 atom stereocenters. The van der Waals surface area contributed by atoms with Gasteiger partial charge in [-0.1, -0.05) is 12.7 Å². The van der Waals surface area contributed by atoms with Crippen molar-refractivity contribution in [3.8, 4) is 5.75 Å². The first-order valence-corrected chi connectivity index (χ1v) is 6.84. The van der Waals surface area contributed by atoms with E-state index in [4.69, 9.17) is 9.15 Å². The Labute approximate surface area is 117 Å². The number of nitrogens with zero attached hydrogens (tertiary/aromatic N) is 1.